The highest BCUT2D eigenvalue weighted by Crippen LogP contribution is 2.51. The third-order valence-electron chi connectivity index (χ3n) is 6.67. The van der Waals surface area contributed by atoms with Crippen LogP contribution >= 0.6 is 11.8 Å². The number of β-lactam (4-membered cyclic amide) rings is 1. The standard InChI is InChI=1S/C20H30N4O5S/c1-9-8-23(5-4-21-9)18(26)13-6-12(7-22-13)30-17-10(2)15-14(11(3)25)19(27)24(15)16(17)20(28)29/h9-15,21-22,25H,4-8H2,1-3H3,(H,28,29)/t9-,10-,11-,12+,13+,14-,15-/m1/s1. The van der Waals surface area contributed by atoms with Crippen molar-refractivity contribution in [1.82, 2.24) is 20.4 Å². The van der Waals surface area contributed by atoms with Gasteiger partial charge in [-0.15, -0.1) is 11.8 Å². The highest BCUT2D eigenvalue weighted by atomic mass is 32.2. The maximum Gasteiger partial charge on any atom is 0.353 e. The van der Waals surface area contributed by atoms with E-state index in [4.69, 9.17) is 0 Å². The SMILES string of the molecule is C[C@@H]1CN(C(=O)[C@@H]2C[C@H](SC3=C(C(=O)O)N4C(=O)[C@H]([C@@H](C)O)[C@H]4[C@H]3C)CN2)CCN1. The molecule has 9 nitrogen and oxygen atoms in total. The predicted molar refractivity (Wildman–Crippen MR) is 111 cm³/mol. The average Bonchev–Trinajstić information content (AvgIpc) is 3.23. The van der Waals surface area contributed by atoms with Crippen molar-refractivity contribution in [2.75, 3.05) is 26.2 Å². The number of aliphatic hydroxyl groups excluding tert-OH is 1. The lowest BCUT2D eigenvalue weighted by Crippen LogP contribution is -2.63. The van der Waals surface area contributed by atoms with Crippen LogP contribution in [0.25, 0.3) is 0 Å². The lowest BCUT2D eigenvalue weighted by molar-refractivity contribution is -0.163. The fourth-order valence-electron chi connectivity index (χ4n) is 5.19. The van der Waals surface area contributed by atoms with E-state index >= 15 is 0 Å². The van der Waals surface area contributed by atoms with E-state index < -0.39 is 18.0 Å². The summed E-state index contributed by atoms with van der Waals surface area (Å²) in [6.45, 7) is 8.36. The molecule has 4 aliphatic rings. The predicted octanol–water partition coefficient (Wildman–Crippen LogP) is -0.576. The summed E-state index contributed by atoms with van der Waals surface area (Å²) in [5.74, 6) is -2.04. The lowest BCUT2D eigenvalue weighted by atomic mass is 9.79. The van der Waals surface area contributed by atoms with Crippen molar-refractivity contribution >= 4 is 29.5 Å². The normalized spacial score (nSPS) is 37.3. The van der Waals surface area contributed by atoms with E-state index in [0.29, 0.717) is 31.0 Å². The number of nitrogens with one attached hydrogen (secondary N) is 2. The zero-order chi connectivity index (χ0) is 21.7. The van der Waals surface area contributed by atoms with Crippen molar-refractivity contribution in [2.24, 2.45) is 11.8 Å². The van der Waals surface area contributed by atoms with Gasteiger partial charge in [-0.2, -0.15) is 0 Å². The molecular weight excluding hydrogens is 408 g/mol. The van der Waals surface area contributed by atoms with Gasteiger partial charge in [0.15, 0.2) is 0 Å². The van der Waals surface area contributed by atoms with E-state index in [-0.39, 0.29) is 46.8 Å². The van der Waals surface area contributed by atoms with Crippen LogP contribution < -0.4 is 10.6 Å². The monoisotopic (exact) mass is 438 g/mol. The molecule has 4 aliphatic heterocycles. The molecule has 3 fully saturated rings. The van der Waals surface area contributed by atoms with Crippen LogP contribution in [0, 0.1) is 11.8 Å². The van der Waals surface area contributed by atoms with Crippen LogP contribution in [0.3, 0.4) is 0 Å². The quantitative estimate of drug-likeness (QED) is 0.421. The van der Waals surface area contributed by atoms with Gasteiger partial charge in [-0.05, 0) is 20.3 Å². The molecule has 0 unspecified atom stereocenters. The molecule has 0 saturated carbocycles. The molecule has 0 aromatic carbocycles. The minimum absolute atomic E-state index is 0.0464. The van der Waals surface area contributed by atoms with E-state index in [0.717, 1.165) is 6.54 Å². The van der Waals surface area contributed by atoms with Gasteiger partial charge in [-0.1, -0.05) is 6.92 Å². The van der Waals surface area contributed by atoms with Crippen molar-refractivity contribution in [3.63, 3.8) is 0 Å². The highest BCUT2D eigenvalue weighted by Gasteiger charge is 2.60. The molecule has 166 valence electrons. The second kappa shape index (κ2) is 8.14. The Balaban J connectivity index is 1.45. The molecule has 30 heavy (non-hydrogen) atoms. The van der Waals surface area contributed by atoms with Gasteiger partial charge in [0.1, 0.15) is 5.70 Å². The zero-order valence-corrected chi connectivity index (χ0v) is 18.3. The Labute approximate surface area is 180 Å². The van der Waals surface area contributed by atoms with Crippen LogP contribution in [-0.4, -0.2) is 93.5 Å². The maximum atomic E-state index is 12.9. The molecule has 4 rings (SSSR count). The summed E-state index contributed by atoms with van der Waals surface area (Å²) in [4.78, 5) is 41.2. The maximum absolute atomic E-state index is 12.9. The lowest BCUT2D eigenvalue weighted by Gasteiger charge is -2.46. The highest BCUT2D eigenvalue weighted by molar-refractivity contribution is 8.03. The van der Waals surface area contributed by atoms with E-state index in [9.17, 15) is 24.6 Å². The summed E-state index contributed by atoms with van der Waals surface area (Å²) in [7, 11) is 0. The number of aliphatic hydroxyl groups is 1. The number of carboxylic acids is 1. The molecule has 0 aromatic rings. The molecule has 0 aromatic heterocycles. The molecule has 0 aliphatic carbocycles. The van der Waals surface area contributed by atoms with Crippen LogP contribution in [0.1, 0.15) is 27.2 Å². The average molecular weight is 439 g/mol. The van der Waals surface area contributed by atoms with E-state index in [1.807, 2.05) is 11.8 Å². The van der Waals surface area contributed by atoms with Crippen LogP contribution in [-0.2, 0) is 14.4 Å². The van der Waals surface area contributed by atoms with Gasteiger partial charge in [-0.25, -0.2) is 4.79 Å². The number of nitrogens with zero attached hydrogens (tertiary/aromatic N) is 2. The Morgan fingerprint density at radius 2 is 2.00 bits per heavy atom. The summed E-state index contributed by atoms with van der Waals surface area (Å²) >= 11 is 1.47. The summed E-state index contributed by atoms with van der Waals surface area (Å²) in [5, 5.41) is 26.4. The fraction of sp³-hybridized carbons (Fsp3) is 0.750. The van der Waals surface area contributed by atoms with Crippen molar-refractivity contribution in [2.45, 2.75) is 56.7 Å². The van der Waals surface area contributed by atoms with Crippen molar-refractivity contribution < 1.29 is 24.6 Å². The molecule has 0 bridgehead atoms. The number of rotatable bonds is 5. The number of carbonyl (C=O) groups excluding carboxylic acids is 2. The van der Waals surface area contributed by atoms with Crippen LogP contribution in [0.5, 0.6) is 0 Å². The van der Waals surface area contributed by atoms with E-state index in [1.165, 1.54) is 16.7 Å². The molecule has 7 atom stereocenters. The third-order valence-corrected chi connectivity index (χ3v) is 8.19. The Kier molecular flexibility index (Phi) is 5.86. The number of amides is 2. The topological polar surface area (TPSA) is 122 Å². The van der Waals surface area contributed by atoms with Crippen molar-refractivity contribution in [3.8, 4) is 0 Å². The molecule has 4 heterocycles. The first-order valence-corrected chi connectivity index (χ1v) is 11.5. The summed E-state index contributed by atoms with van der Waals surface area (Å²) in [6.07, 6.45) is -0.180. The molecule has 0 radical (unpaired) electrons. The first kappa shape index (κ1) is 21.6. The van der Waals surface area contributed by atoms with E-state index in [1.54, 1.807) is 6.92 Å². The van der Waals surface area contributed by atoms with Gasteiger partial charge in [0, 0.05) is 48.3 Å². The molecule has 4 N–H and O–H groups in total. The van der Waals surface area contributed by atoms with Crippen molar-refractivity contribution in [3.05, 3.63) is 10.6 Å². The number of carbonyl (C=O) groups is 3. The first-order valence-electron chi connectivity index (χ1n) is 10.6. The number of carboxylic acid groups (broad SMARTS) is 1. The van der Waals surface area contributed by atoms with Gasteiger partial charge in [0.25, 0.3) is 0 Å². The van der Waals surface area contributed by atoms with Crippen molar-refractivity contribution in [1.29, 1.82) is 0 Å². The van der Waals surface area contributed by atoms with Gasteiger partial charge in [0.2, 0.25) is 11.8 Å². The Bertz CT molecular complexity index is 787. The smallest absolute Gasteiger partial charge is 0.353 e. The third kappa shape index (κ3) is 3.53. The summed E-state index contributed by atoms with van der Waals surface area (Å²) in [6, 6.07) is -0.289. The van der Waals surface area contributed by atoms with Gasteiger partial charge < -0.3 is 30.6 Å². The fourth-order valence-corrected chi connectivity index (χ4v) is 6.67. The second-order valence-electron chi connectivity index (χ2n) is 8.85. The Hall–Kier alpha value is -1.62. The first-order chi connectivity index (χ1) is 14.2. The number of aliphatic carboxylic acids is 1. The molecule has 3 saturated heterocycles. The van der Waals surface area contributed by atoms with Gasteiger partial charge in [-0.3, -0.25) is 9.59 Å². The number of fused-ring (bicyclic) bond motifs is 1. The van der Waals surface area contributed by atoms with Crippen LogP contribution in [0.4, 0.5) is 0 Å². The molecule has 10 heteroatoms. The van der Waals surface area contributed by atoms with E-state index in [2.05, 4.69) is 17.6 Å². The second-order valence-corrected chi connectivity index (χ2v) is 10.2. The Morgan fingerprint density at radius 3 is 2.63 bits per heavy atom. The Morgan fingerprint density at radius 1 is 1.27 bits per heavy atom. The number of hydrogen-bond acceptors (Lipinski definition) is 7. The number of thioether (sulfide) groups is 1. The van der Waals surface area contributed by atoms with Crippen LogP contribution in [0.15, 0.2) is 10.6 Å². The number of piperazine rings is 1. The minimum Gasteiger partial charge on any atom is -0.477 e. The largest absolute Gasteiger partial charge is 0.477 e. The minimum atomic E-state index is -1.11. The van der Waals surface area contributed by atoms with Gasteiger partial charge in [0.05, 0.1) is 24.1 Å². The van der Waals surface area contributed by atoms with Crippen LogP contribution in [0.2, 0.25) is 0 Å². The summed E-state index contributed by atoms with van der Waals surface area (Å²) < 4.78 is 0. The zero-order valence-electron chi connectivity index (χ0n) is 17.5. The molecule has 0 spiro atoms. The number of hydrogen-bond donors (Lipinski definition) is 4. The summed E-state index contributed by atoms with van der Waals surface area (Å²) in [5.41, 5.74) is 0.0464. The van der Waals surface area contributed by atoms with Gasteiger partial charge >= 0.3 is 5.97 Å². The molecular formula is C20H30N4O5S. The molecule has 2 amide bonds.